The van der Waals surface area contributed by atoms with Gasteiger partial charge in [0.15, 0.2) is 17.2 Å². The van der Waals surface area contributed by atoms with E-state index in [9.17, 15) is 9.59 Å². The standard InChI is InChI=1S/C33H41FN6O3/c1-33(2,32(42)38-17-14-35-15-18-38)43-29-7-3-6-28(30(29)34)39-16-4-5-25(22-39)31(41)40(27-12-13-27)21-23-8-10-24(11-9-23)26-19-36-37-20-26/h3,6-11,19-20,25,27,35H,4-5,12-18,21-22H2,1-2H3,(H,36,37)/t25-/m0/s1. The van der Waals surface area contributed by atoms with Gasteiger partial charge in [0.1, 0.15) is 0 Å². The molecule has 228 valence electrons. The van der Waals surface area contributed by atoms with E-state index in [4.69, 9.17) is 4.74 Å². The van der Waals surface area contributed by atoms with Gasteiger partial charge in [-0.05, 0) is 62.8 Å². The quantitative estimate of drug-likeness (QED) is 0.389. The normalized spacial score (nSPS) is 19.3. The molecule has 1 aliphatic carbocycles. The van der Waals surface area contributed by atoms with E-state index in [1.54, 1.807) is 43.1 Å². The molecule has 1 saturated carbocycles. The average molecular weight is 589 g/mol. The fraction of sp³-hybridized carbons (Fsp3) is 0.485. The van der Waals surface area contributed by atoms with E-state index in [0.29, 0.717) is 38.4 Å². The Kier molecular flexibility index (Phi) is 8.38. The highest BCUT2D eigenvalue weighted by Gasteiger charge is 2.39. The minimum atomic E-state index is -1.21. The Morgan fingerprint density at radius 1 is 1.05 bits per heavy atom. The van der Waals surface area contributed by atoms with Crippen molar-refractivity contribution < 1.29 is 18.7 Å². The van der Waals surface area contributed by atoms with Crippen molar-refractivity contribution in [2.45, 2.75) is 57.7 Å². The maximum Gasteiger partial charge on any atom is 0.266 e. The first kappa shape index (κ1) is 29.2. The number of halogens is 1. The van der Waals surface area contributed by atoms with E-state index in [-0.39, 0.29) is 29.5 Å². The zero-order valence-electron chi connectivity index (χ0n) is 25.0. The number of hydrogen-bond donors (Lipinski definition) is 2. The van der Waals surface area contributed by atoms with E-state index in [1.165, 1.54) is 0 Å². The molecule has 2 aromatic carbocycles. The molecule has 2 amide bonds. The molecule has 9 nitrogen and oxygen atoms in total. The van der Waals surface area contributed by atoms with Crippen LogP contribution in [-0.4, -0.2) is 82.7 Å². The first-order valence-electron chi connectivity index (χ1n) is 15.4. The van der Waals surface area contributed by atoms with Crippen LogP contribution in [0.15, 0.2) is 54.9 Å². The average Bonchev–Trinajstić information content (AvgIpc) is 3.73. The monoisotopic (exact) mass is 588 g/mol. The van der Waals surface area contributed by atoms with Crippen molar-refractivity contribution in [1.29, 1.82) is 0 Å². The lowest BCUT2D eigenvalue weighted by molar-refractivity contribution is -0.146. The molecule has 6 rings (SSSR count). The van der Waals surface area contributed by atoms with Gasteiger partial charge in [-0.25, -0.2) is 4.39 Å². The third-order valence-corrected chi connectivity index (χ3v) is 8.75. The Morgan fingerprint density at radius 2 is 1.81 bits per heavy atom. The van der Waals surface area contributed by atoms with Crippen LogP contribution in [0.4, 0.5) is 10.1 Å². The molecule has 1 atom stereocenters. The molecule has 0 spiro atoms. The summed E-state index contributed by atoms with van der Waals surface area (Å²) in [6, 6.07) is 13.6. The van der Waals surface area contributed by atoms with E-state index < -0.39 is 11.4 Å². The summed E-state index contributed by atoms with van der Waals surface area (Å²) in [4.78, 5) is 32.8. The predicted molar refractivity (Wildman–Crippen MR) is 163 cm³/mol. The van der Waals surface area contributed by atoms with Crippen molar-refractivity contribution in [2.24, 2.45) is 5.92 Å². The highest BCUT2D eigenvalue weighted by molar-refractivity contribution is 5.85. The number of piperidine rings is 1. The van der Waals surface area contributed by atoms with Crippen molar-refractivity contribution in [3.8, 4) is 16.9 Å². The van der Waals surface area contributed by atoms with Gasteiger partial charge in [0.25, 0.3) is 5.91 Å². The van der Waals surface area contributed by atoms with Crippen molar-refractivity contribution in [3.63, 3.8) is 0 Å². The molecule has 0 radical (unpaired) electrons. The van der Waals surface area contributed by atoms with Gasteiger partial charge in [-0.1, -0.05) is 30.3 Å². The molecular weight excluding hydrogens is 547 g/mol. The number of aromatic nitrogens is 2. The van der Waals surface area contributed by atoms with Gasteiger partial charge >= 0.3 is 0 Å². The van der Waals surface area contributed by atoms with Crippen LogP contribution in [0, 0.1) is 11.7 Å². The smallest absolute Gasteiger partial charge is 0.266 e. The van der Waals surface area contributed by atoms with Crippen LogP contribution in [-0.2, 0) is 16.1 Å². The molecule has 2 N–H and O–H groups in total. The number of rotatable bonds is 9. The maximum atomic E-state index is 15.9. The van der Waals surface area contributed by atoms with E-state index in [1.807, 2.05) is 16.0 Å². The molecule has 3 heterocycles. The number of amides is 2. The maximum absolute atomic E-state index is 15.9. The van der Waals surface area contributed by atoms with Gasteiger partial charge in [0.05, 0.1) is 17.8 Å². The lowest BCUT2D eigenvalue weighted by atomic mass is 9.95. The van der Waals surface area contributed by atoms with Crippen LogP contribution in [0.2, 0.25) is 0 Å². The summed E-state index contributed by atoms with van der Waals surface area (Å²) in [5.74, 6) is -0.666. The van der Waals surface area contributed by atoms with Crippen molar-refractivity contribution in [1.82, 2.24) is 25.3 Å². The highest BCUT2D eigenvalue weighted by Crippen LogP contribution is 2.35. The minimum absolute atomic E-state index is 0.0536. The summed E-state index contributed by atoms with van der Waals surface area (Å²) in [5, 5.41) is 10.1. The summed E-state index contributed by atoms with van der Waals surface area (Å²) in [5.41, 5.74) is 2.40. The van der Waals surface area contributed by atoms with Crippen molar-refractivity contribution in [3.05, 3.63) is 66.2 Å². The summed E-state index contributed by atoms with van der Waals surface area (Å²) in [7, 11) is 0. The lowest BCUT2D eigenvalue weighted by Crippen LogP contribution is -2.54. The molecule has 43 heavy (non-hydrogen) atoms. The fourth-order valence-corrected chi connectivity index (χ4v) is 6.20. The topological polar surface area (TPSA) is 93.8 Å². The molecule has 0 bridgehead atoms. The van der Waals surface area contributed by atoms with Crippen LogP contribution in [0.3, 0.4) is 0 Å². The summed E-state index contributed by atoms with van der Waals surface area (Å²) in [6.07, 6.45) is 7.27. The van der Waals surface area contributed by atoms with E-state index >= 15 is 4.39 Å². The van der Waals surface area contributed by atoms with Crippen LogP contribution in [0.1, 0.15) is 45.1 Å². The summed E-state index contributed by atoms with van der Waals surface area (Å²) in [6.45, 7) is 7.73. The number of carbonyl (C=O) groups is 2. The Hall–Kier alpha value is -3.92. The number of hydrogen-bond acceptors (Lipinski definition) is 6. The molecule has 2 saturated heterocycles. The van der Waals surface area contributed by atoms with Crippen molar-refractivity contribution >= 4 is 17.5 Å². The molecule has 0 unspecified atom stereocenters. The fourth-order valence-electron chi connectivity index (χ4n) is 6.20. The zero-order chi connectivity index (χ0) is 30.0. The lowest BCUT2D eigenvalue weighted by Gasteiger charge is -2.37. The molecule has 3 aromatic rings. The summed E-state index contributed by atoms with van der Waals surface area (Å²) >= 11 is 0. The number of benzene rings is 2. The van der Waals surface area contributed by atoms with Gasteiger partial charge < -0.3 is 24.8 Å². The molecule has 3 fully saturated rings. The number of carbonyl (C=O) groups excluding carboxylic acids is 2. The number of ether oxygens (including phenoxy) is 1. The van der Waals surface area contributed by atoms with Crippen LogP contribution in [0.5, 0.6) is 5.75 Å². The number of nitrogens with one attached hydrogen (secondary N) is 2. The Morgan fingerprint density at radius 3 is 2.51 bits per heavy atom. The predicted octanol–water partition coefficient (Wildman–Crippen LogP) is 4.21. The van der Waals surface area contributed by atoms with Gasteiger partial charge in [-0.2, -0.15) is 5.10 Å². The molecular formula is C33H41FN6O3. The van der Waals surface area contributed by atoms with Crippen LogP contribution in [0.25, 0.3) is 11.1 Å². The SMILES string of the molecule is CC(C)(Oc1cccc(N2CCC[C@H](C(=O)N(Cc3ccc(-c4cn[nH]c4)cc3)C3CC3)C2)c1F)C(=O)N1CCNCC1. The summed E-state index contributed by atoms with van der Waals surface area (Å²) < 4.78 is 22.0. The second kappa shape index (κ2) is 12.4. The number of H-pyrrole nitrogens is 1. The van der Waals surface area contributed by atoms with Crippen LogP contribution >= 0.6 is 0 Å². The molecule has 10 heteroatoms. The molecule has 3 aliphatic rings. The molecule has 2 aliphatic heterocycles. The minimum Gasteiger partial charge on any atom is -0.475 e. The highest BCUT2D eigenvalue weighted by atomic mass is 19.1. The Bertz CT molecular complexity index is 1420. The van der Waals surface area contributed by atoms with Gasteiger partial charge in [0, 0.05) is 63.6 Å². The number of anilines is 1. The Balaban J connectivity index is 1.13. The number of nitrogens with zero attached hydrogens (tertiary/aromatic N) is 4. The first-order chi connectivity index (χ1) is 20.8. The third kappa shape index (κ3) is 6.54. The van der Waals surface area contributed by atoms with E-state index in [0.717, 1.165) is 55.5 Å². The Labute approximate surface area is 252 Å². The zero-order valence-corrected chi connectivity index (χ0v) is 25.0. The molecule has 1 aromatic heterocycles. The number of aromatic amines is 1. The first-order valence-corrected chi connectivity index (χ1v) is 15.4. The van der Waals surface area contributed by atoms with Crippen molar-refractivity contribution in [2.75, 3.05) is 44.2 Å². The second-order valence-corrected chi connectivity index (χ2v) is 12.4. The van der Waals surface area contributed by atoms with Gasteiger partial charge in [0.2, 0.25) is 5.91 Å². The largest absolute Gasteiger partial charge is 0.475 e. The number of piperazine rings is 1. The van der Waals surface area contributed by atoms with Gasteiger partial charge in [-0.15, -0.1) is 0 Å². The van der Waals surface area contributed by atoms with E-state index in [2.05, 4.69) is 39.8 Å². The van der Waals surface area contributed by atoms with Crippen LogP contribution < -0.4 is 15.0 Å². The second-order valence-electron chi connectivity index (χ2n) is 12.4. The third-order valence-electron chi connectivity index (χ3n) is 8.75. The van der Waals surface area contributed by atoms with Gasteiger partial charge in [-0.3, -0.25) is 14.7 Å².